The molecule has 0 N–H and O–H groups in total. The zero-order valence-electron chi connectivity index (χ0n) is 13.4. The number of carbonyl (C=O) groups excluding carboxylic acids is 1. The predicted molar refractivity (Wildman–Crippen MR) is 90.4 cm³/mol. The molecule has 0 radical (unpaired) electrons. The maximum absolute atomic E-state index is 12.6. The summed E-state index contributed by atoms with van der Waals surface area (Å²) in [4.78, 5) is 19.3. The van der Waals surface area contributed by atoms with Crippen LogP contribution in [0.3, 0.4) is 0 Å². The van der Waals surface area contributed by atoms with E-state index in [0.29, 0.717) is 23.2 Å². The topological polar surface area (TPSA) is 77.7 Å². The Bertz CT molecular complexity index is 878. The second-order valence-electron chi connectivity index (χ2n) is 5.55. The number of ether oxygens (including phenoxy) is 2. The molecular weight excluding hydrogens is 342 g/mol. The molecule has 2 aromatic heterocycles. The number of thiophene rings is 1. The van der Waals surface area contributed by atoms with Gasteiger partial charge in [0.15, 0.2) is 11.5 Å². The molecule has 4 rings (SSSR count). The molecule has 7 nitrogen and oxygen atoms in total. The molecule has 0 saturated carbocycles. The summed E-state index contributed by atoms with van der Waals surface area (Å²) in [6.45, 7) is 0.378. The van der Waals surface area contributed by atoms with Gasteiger partial charge in [0.1, 0.15) is 6.61 Å². The maximum Gasteiger partial charge on any atom is 0.267 e. The first-order valence-electron chi connectivity index (χ1n) is 7.70. The fraction of sp³-hybridized carbons (Fsp3) is 0.235. The van der Waals surface area contributed by atoms with Crippen LogP contribution in [-0.2, 0) is 11.3 Å². The van der Waals surface area contributed by atoms with Gasteiger partial charge in [0.25, 0.3) is 5.91 Å². The van der Waals surface area contributed by atoms with Gasteiger partial charge in [-0.25, -0.2) is 0 Å². The average Bonchev–Trinajstić information content (AvgIpc) is 3.32. The first kappa shape index (κ1) is 15.6. The van der Waals surface area contributed by atoms with E-state index in [9.17, 15) is 4.79 Å². The van der Waals surface area contributed by atoms with E-state index in [2.05, 4.69) is 10.1 Å². The summed E-state index contributed by atoms with van der Waals surface area (Å²) < 4.78 is 16.6. The van der Waals surface area contributed by atoms with Gasteiger partial charge < -0.3 is 18.9 Å². The fourth-order valence-electron chi connectivity index (χ4n) is 2.49. The standard InChI is InChI=1S/C17H15N3O4S/c1-20(9-15-18-16(19-24-15)14-7-4-8-25-14)17(21)13-10-22-11-5-2-3-6-12(11)23-13/h2-8,13H,9-10H2,1H3/t13-/m1/s1. The van der Waals surface area contributed by atoms with Crippen LogP contribution >= 0.6 is 11.3 Å². The number of likely N-dealkylation sites (N-methyl/N-ethyl adjacent to an activating group) is 1. The summed E-state index contributed by atoms with van der Waals surface area (Å²) in [5.74, 6) is 1.91. The summed E-state index contributed by atoms with van der Waals surface area (Å²) in [7, 11) is 1.67. The van der Waals surface area contributed by atoms with Crippen molar-refractivity contribution in [2.45, 2.75) is 12.6 Å². The van der Waals surface area contributed by atoms with Crippen LogP contribution in [-0.4, -0.2) is 40.7 Å². The lowest BCUT2D eigenvalue weighted by Crippen LogP contribution is -2.44. The number of amides is 1. The van der Waals surface area contributed by atoms with Crippen LogP contribution in [0, 0.1) is 0 Å². The summed E-state index contributed by atoms with van der Waals surface area (Å²) in [6.07, 6.45) is -0.695. The van der Waals surface area contributed by atoms with Gasteiger partial charge in [-0.05, 0) is 23.6 Å². The minimum atomic E-state index is -0.695. The van der Waals surface area contributed by atoms with Gasteiger partial charge in [-0.15, -0.1) is 11.3 Å². The second-order valence-corrected chi connectivity index (χ2v) is 6.50. The number of benzene rings is 1. The lowest BCUT2D eigenvalue weighted by Gasteiger charge is -2.28. The highest BCUT2D eigenvalue weighted by Crippen LogP contribution is 2.31. The Balaban J connectivity index is 1.41. The molecular formula is C17H15N3O4S. The summed E-state index contributed by atoms with van der Waals surface area (Å²) in [6, 6.07) is 11.1. The first-order chi connectivity index (χ1) is 12.2. The summed E-state index contributed by atoms with van der Waals surface area (Å²) >= 11 is 1.53. The largest absolute Gasteiger partial charge is 0.485 e. The zero-order chi connectivity index (χ0) is 17.2. The van der Waals surface area contributed by atoms with E-state index in [1.54, 1.807) is 13.1 Å². The molecule has 1 aliphatic heterocycles. The van der Waals surface area contributed by atoms with Gasteiger partial charge >= 0.3 is 0 Å². The molecule has 0 aliphatic carbocycles. The SMILES string of the molecule is CN(Cc1nc(-c2cccs2)no1)C(=O)[C@H]1COc2ccccc2O1. The highest BCUT2D eigenvalue weighted by atomic mass is 32.1. The number of nitrogens with zero attached hydrogens (tertiary/aromatic N) is 3. The molecule has 8 heteroatoms. The highest BCUT2D eigenvalue weighted by molar-refractivity contribution is 7.13. The quantitative estimate of drug-likeness (QED) is 0.714. The molecule has 3 aromatic rings. The van der Waals surface area contributed by atoms with Gasteiger partial charge in [0, 0.05) is 7.05 Å². The molecule has 1 amide bonds. The van der Waals surface area contributed by atoms with Crippen molar-refractivity contribution < 1.29 is 18.8 Å². The Kier molecular flexibility index (Phi) is 4.10. The van der Waals surface area contributed by atoms with Crippen LogP contribution < -0.4 is 9.47 Å². The van der Waals surface area contributed by atoms with E-state index in [-0.39, 0.29) is 19.1 Å². The predicted octanol–water partition coefficient (Wildman–Crippen LogP) is 2.60. The van der Waals surface area contributed by atoms with Crippen LogP contribution in [0.5, 0.6) is 11.5 Å². The normalized spacial score (nSPS) is 15.8. The smallest absolute Gasteiger partial charge is 0.267 e. The summed E-state index contributed by atoms with van der Waals surface area (Å²) in [5, 5.41) is 5.89. The molecule has 0 spiro atoms. The number of hydrogen-bond acceptors (Lipinski definition) is 7. The molecule has 3 heterocycles. The number of aromatic nitrogens is 2. The fourth-order valence-corrected chi connectivity index (χ4v) is 3.14. The molecule has 0 unspecified atom stereocenters. The second kappa shape index (κ2) is 6.56. The van der Waals surface area contributed by atoms with Crippen molar-refractivity contribution in [3.8, 4) is 22.2 Å². The van der Waals surface area contributed by atoms with E-state index in [0.717, 1.165) is 4.88 Å². The van der Waals surface area contributed by atoms with Crippen LogP contribution in [0.2, 0.25) is 0 Å². The number of hydrogen-bond donors (Lipinski definition) is 0. The van der Waals surface area contributed by atoms with Crippen LogP contribution in [0.4, 0.5) is 0 Å². The maximum atomic E-state index is 12.6. The highest BCUT2D eigenvalue weighted by Gasteiger charge is 2.30. The van der Waals surface area contributed by atoms with E-state index in [1.807, 2.05) is 35.7 Å². The zero-order valence-corrected chi connectivity index (χ0v) is 14.2. The Morgan fingerprint density at radius 1 is 1.28 bits per heavy atom. The van der Waals surface area contributed by atoms with Gasteiger partial charge in [0.05, 0.1) is 11.4 Å². The van der Waals surface area contributed by atoms with Crippen molar-refractivity contribution in [3.05, 3.63) is 47.7 Å². The first-order valence-corrected chi connectivity index (χ1v) is 8.58. The number of rotatable bonds is 4. The molecule has 1 aliphatic rings. The Morgan fingerprint density at radius 2 is 2.12 bits per heavy atom. The molecule has 0 saturated heterocycles. The minimum absolute atomic E-state index is 0.171. The van der Waals surface area contributed by atoms with E-state index in [1.165, 1.54) is 16.2 Å². The molecule has 0 fully saturated rings. The number of carbonyl (C=O) groups is 1. The lowest BCUT2D eigenvalue weighted by molar-refractivity contribution is -0.140. The Hall–Kier alpha value is -2.87. The third-order valence-electron chi connectivity index (χ3n) is 3.74. The average molecular weight is 357 g/mol. The summed E-state index contributed by atoms with van der Waals surface area (Å²) in [5.41, 5.74) is 0. The van der Waals surface area contributed by atoms with E-state index < -0.39 is 6.10 Å². The monoisotopic (exact) mass is 357 g/mol. The van der Waals surface area contributed by atoms with Crippen molar-refractivity contribution in [1.82, 2.24) is 15.0 Å². The molecule has 1 aromatic carbocycles. The Morgan fingerprint density at radius 3 is 2.92 bits per heavy atom. The van der Waals surface area contributed by atoms with Gasteiger partial charge in [0.2, 0.25) is 17.8 Å². The Labute approximate surface area is 147 Å². The third kappa shape index (κ3) is 3.20. The van der Waals surface area contributed by atoms with Crippen molar-refractivity contribution in [2.24, 2.45) is 0 Å². The lowest BCUT2D eigenvalue weighted by atomic mass is 10.2. The van der Waals surface area contributed by atoms with Crippen molar-refractivity contribution in [2.75, 3.05) is 13.7 Å². The molecule has 1 atom stereocenters. The van der Waals surface area contributed by atoms with Gasteiger partial charge in [-0.1, -0.05) is 23.4 Å². The number of para-hydroxylation sites is 2. The minimum Gasteiger partial charge on any atom is -0.485 e. The van der Waals surface area contributed by atoms with E-state index in [4.69, 9.17) is 14.0 Å². The van der Waals surface area contributed by atoms with Crippen LogP contribution in [0.25, 0.3) is 10.7 Å². The van der Waals surface area contributed by atoms with Crippen LogP contribution in [0.15, 0.2) is 46.3 Å². The van der Waals surface area contributed by atoms with Crippen molar-refractivity contribution >= 4 is 17.2 Å². The van der Waals surface area contributed by atoms with E-state index >= 15 is 0 Å². The molecule has 128 valence electrons. The molecule has 25 heavy (non-hydrogen) atoms. The third-order valence-corrected chi connectivity index (χ3v) is 4.61. The van der Waals surface area contributed by atoms with Crippen LogP contribution in [0.1, 0.15) is 5.89 Å². The van der Waals surface area contributed by atoms with Gasteiger partial charge in [-0.2, -0.15) is 4.98 Å². The molecule has 0 bridgehead atoms. The van der Waals surface area contributed by atoms with Crippen molar-refractivity contribution in [1.29, 1.82) is 0 Å². The van der Waals surface area contributed by atoms with Gasteiger partial charge in [-0.3, -0.25) is 4.79 Å². The van der Waals surface area contributed by atoms with Crippen molar-refractivity contribution in [3.63, 3.8) is 0 Å². The number of fused-ring (bicyclic) bond motifs is 1.